The number of hydrogen-bond donors (Lipinski definition) is 1. The summed E-state index contributed by atoms with van der Waals surface area (Å²) >= 11 is 12.1. The van der Waals surface area contributed by atoms with Crippen molar-refractivity contribution in [2.45, 2.75) is 39.1 Å². The molecule has 0 aliphatic carbocycles. The summed E-state index contributed by atoms with van der Waals surface area (Å²) in [7, 11) is 0. The Balaban J connectivity index is 3.20. The van der Waals surface area contributed by atoms with E-state index in [1.165, 1.54) is 11.5 Å². The zero-order valence-corrected chi connectivity index (χ0v) is 14.3. The van der Waals surface area contributed by atoms with Crippen LogP contribution in [0.4, 0.5) is 4.39 Å². The van der Waals surface area contributed by atoms with Gasteiger partial charge in [0.25, 0.3) is 0 Å². The van der Waals surface area contributed by atoms with Gasteiger partial charge in [-0.25, -0.2) is 14.2 Å². The van der Waals surface area contributed by atoms with Crippen LogP contribution in [0, 0.1) is 12.7 Å². The second-order valence-electron chi connectivity index (χ2n) is 5.06. The number of fused-ring (bicyclic) bond motifs is 1. The normalized spacial score (nSPS) is 12.6. The summed E-state index contributed by atoms with van der Waals surface area (Å²) in [5.74, 6) is -2.22. The Morgan fingerprint density at radius 1 is 1.43 bits per heavy atom. The van der Waals surface area contributed by atoms with Crippen LogP contribution >= 0.6 is 23.2 Å². The topological polar surface area (TPSA) is 72.2 Å². The number of nitrogens with zero attached hydrogens (tertiary/aromatic N) is 2. The van der Waals surface area contributed by atoms with E-state index in [1.54, 1.807) is 13.8 Å². The largest absolute Gasteiger partial charge is 0.477 e. The maximum Gasteiger partial charge on any atom is 0.341 e. The predicted octanol–water partition coefficient (Wildman–Crippen LogP) is 3.91. The summed E-state index contributed by atoms with van der Waals surface area (Å²) in [4.78, 5) is 28.1. The van der Waals surface area contributed by atoms with Gasteiger partial charge in [0.15, 0.2) is 11.0 Å². The molecule has 2 heterocycles. The number of halogens is 3. The van der Waals surface area contributed by atoms with E-state index in [2.05, 4.69) is 4.98 Å². The quantitative estimate of drug-likeness (QED) is 0.662. The number of aromatic carboxylic acids is 1. The molecule has 0 aliphatic heterocycles. The number of hydrogen-bond acceptors (Lipinski definition) is 3. The molecule has 2 rings (SSSR count). The number of carboxylic acid groups (broad SMARTS) is 1. The fourth-order valence-electron chi connectivity index (χ4n) is 2.63. The van der Waals surface area contributed by atoms with Crippen molar-refractivity contribution in [3.05, 3.63) is 38.0 Å². The van der Waals surface area contributed by atoms with E-state index < -0.39 is 28.3 Å². The fourth-order valence-corrected chi connectivity index (χ4v) is 3.06. The standard InChI is InChI=1S/C15H15Cl2FN2O3/c1-4-7-10(15(22)23)12(21)9-6(3)11(18)13(17)19-14(9)20(7)8(16)5-2/h8H,4-5H2,1-3H3,(H,22,23). The van der Waals surface area contributed by atoms with Gasteiger partial charge in [0.1, 0.15) is 16.7 Å². The average Bonchev–Trinajstić information content (AvgIpc) is 2.50. The van der Waals surface area contributed by atoms with Crippen LogP contribution in [0.3, 0.4) is 0 Å². The molecule has 124 valence electrons. The first kappa shape index (κ1) is 17.7. The second kappa shape index (κ2) is 6.45. The van der Waals surface area contributed by atoms with Crippen LogP contribution in [-0.4, -0.2) is 20.6 Å². The molecule has 0 saturated carbocycles. The lowest BCUT2D eigenvalue weighted by molar-refractivity contribution is 0.0693. The Bertz CT molecular complexity index is 864. The third-order valence-corrected chi connectivity index (χ3v) is 4.49. The third kappa shape index (κ3) is 2.70. The molecule has 0 aromatic carbocycles. The van der Waals surface area contributed by atoms with Crippen molar-refractivity contribution in [3.8, 4) is 0 Å². The molecule has 1 N–H and O–H groups in total. The maximum absolute atomic E-state index is 14.0. The number of carbonyl (C=O) groups is 1. The lowest BCUT2D eigenvalue weighted by atomic mass is 10.0. The second-order valence-corrected chi connectivity index (χ2v) is 5.92. The molecule has 0 bridgehead atoms. The highest BCUT2D eigenvalue weighted by atomic mass is 35.5. The molecule has 5 nitrogen and oxygen atoms in total. The highest BCUT2D eigenvalue weighted by molar-refractivity contribution is 6.30. The van der Waals surface area contributed by atoms with Crippen molar-refractivity contribution in [1.29, 1.82) is 0 Å². The van der Waals surface area contributed by atoms with Gasteiger partial charge in [-0.2, -0.15) is 0 Å². The molecular weight excluding hydrogens is 346 g/mol. The minimum Gasteiger partial charge on any atom is -0.477 e. The van der Waals surface area contributed by atoms with E-state index >= 15 is 0 Å². The molecule has 1 atom stereocenters. The van der Waals surface area contributed by atoms with Crippen LogP contribution in [0.2, 0.25) is 5.15 Å². The summed E-state index contributed by atoms with van der Waals surface area (Å²) in [5.41, 5.74) is -1.52. The van der Waals surface area contributed by atoms with Gasteiger partial charge in [0.05, 0.1) is 5.39 Å². The number of alkyl halides is 1. The van der Waals surface area contributed by atoms with E-state index in [9.17, 15) is 19.1 Å². The minimum absolute atomic E-state index is 0.0381. The Labute approximate surface area is 141 Å². The van der Waals surface area contributed by atoms with E-state index in [4.69, 9.17) is 23.2 Å². The van der Waals surface area contributed by atoms with Crippen molar-refractivity contribution in [2.75, 3.05) is 0 Å². The summed E-state index contributed by atoms with van der Waals surface area (Å²) in [6.45, 7) is 4.88. The number of pyridine rings is 2. The van der Waals surface area contributed by atoms with E-state index in [0.29, 0.717) is 6.42 Å². The fraction of sp³-hybridized carbons (Fsp3) is 0.400. The van der Waals surface area contributed by atoms with E-state index in [1.807, 2.05) is 0 Å². The molecule has 0 fully saturated rings. The monoisotopic (exact) mass is 360 g/mol. The SMILES string of the molecule is CCc1c(C(=O)O)c(=O)c2c(C)c(F)c(Cl)nc2n1C(Cl)CC. The van der Waals surface area contributed by atoms with Crippen LogP contribution in [-0.2, 0) is 6.42 Å². The zero-order valence-electron chi connectivity index (χ0n) is 12.8. The summed E-state index contributed by atoms with van der Waals surface area (Å²) in [6.07, 6.45) is 0.715. The number of aromatic nitrogens is 2. The lowest BCUT2D eigenvalue weighted by Crippen LogP contribution is -2.26. The van der Waals surface area contributed by atoms with Gasteiger partial charge < -0.3 is 9.67 Å². The number of carboxylic acids is 1. The Hall–Kier alpha value is -1.66. The van der Waals surface area contributed by atoms with Gasteiger partial charge in [-0.1, -0.05) is 37.0 Å². The average molecular weight is 361 g/mol. The van der Waals surface area contributed by atoms with Gasteiger partial charge in [0, 0.05) is 11.3 Å². The zero-order chi connectivity index (χ0) is 17.5. The van der Waals surface area contributed by atoms with Crippen molar-refractivity contribution >= 4 is 40.2 Å². The molecule has 0 aliphatic rings. The molecule has 0 amide bonds. The number of aryl methyl sites for hydroxylation is 1. The highest BCUT2D eigenvalue weighted by Crippen LogP contribution is 2.29. The smallest absolute Gasteiger partial charge is 0.341 e. The van der Waals surface area contributed by atoms with Crippen LogP contribution in [0.1, 0.15) is 47.4 Å². The van der Waals surface area contributed by atoms with Gasteiger partial charge in [-0.15, -0.1) is 0 Å². The Morgan fingerprint density at radius 2 is 2.04 bits per heavy atom. The molecular formula is C15H15Cl2FN2O3. The first-order valence-electron chi connectivity index (χ1n) is 7.06. The molecule has 0 radical (unpaired) electrons. The summed E-state index contributed by atoms with van der Waals surface area (Å²) < 4.78 is 15.5. The minimum atomic E-state index is -1.38. The third-order valence-electron chi connectivity index (χ3n) is 3.74. The van der Waals surface area contributed by atoms with Crippen LogP contribution in [0.5, 0.6) is 0 Å². The van der Waals surface area contributed by atoms with Crippen molar-refractivity contribution in [1.82, 2.24) is 9.55 Å². The summed E-state index contributed by atoms with van der Waals surface area (Å²) in [5, 5.41) is 8.94. The molecule has 8 heteroatoms. The van der Waals surface area contributed by atoms with Gasteiger partial charge in [-0.3, -0.25) is 4.79 Å². The maximum atomic E-state index is 14.0. The summed E-state index contributed by atoms with van der Waals surface area (Å²) in [6, 6.07) is 0. The van der Waals surface area contributed by atoms with Gasteiger partial charge >= 0.3 is 5.97 Å². The predicted molar refractivity (Wildman–Crippen MR) is 87.2 cm³/mol. The van der Waals surface area contributed by atoms with E-state index in [-0.39, 0.29) is 33.9 Å². The van der Waals surface area contributed by atoms with Crippen molar-refractivity contribution in [3.63, 3.8) is 0 Å². The lowest BCUT2D eigenvalue weighted by Gasteiger charge is -2.22. The molecule has 23 heavy (non-hydrogen) atoms. The van der Waals surface area contributed by atoms with Crippen molar-refractivity contribution in [2.24, 2.45) is 0 Å². The van der Waals surface area contributed by atoms with Crippen LogP contribution < -0.4 is 5.43 Å². The highest BCUT2D eigenvalue weighted by Gasteiger charge is 2.27. The van der Waals surface area contributed by atoms with Gasteiger partial charge in [-0.05, 0) is 19.8 Å². The Morgan fingerprint density at radius 3 is 2.52 bits per heavy atom. The van der Waals surface area contributed by atoms with Crippen LogP contribution in [0.15, 0.2) is 4.79 Å². The number of rotatable bonds is 4. The Kier molecular flexibility index (Phi) is 4.96. The first-order valence-corrected chi connectivity index (χ1v) is 7.87. The van der Waals surface area contributed by atoms with Crippen molar-refractivity contribution < 1.29 is 14.3 Å². The van der Waals surface area contributed by atoms with Gasteiger partial charge in [0.2, 0.25) is 5.43 Å². The molecule has 0 spiro atoms. The molecule has 0 saturated heterocycles. The molecule has 2 aromatic rings. The van der Waals surface area contributed by atoms with E-state index in [0.717, 1.165) is 0 Å². The first-order chi connectivity index (χ1) is 10.8. The van der Waals surface area contributed by atoms with Crippen LogP contribution in [0.25, 0.3) is 11.0 Å². The molecule has 1 unspecified atom stereocenters. The molecule has 2 aromatic heterocycles.